The van der Waals surface area contributed by atoms with E-state index in [2.05, 4.69) is 4.90 Å². The lowest BCUT2D eigenvalue weighted by Crippen LogP contribution is -2.46. The molecule has 4 nitrogen and oxygen atoms in total. The first-order chi connectivity index (χ1) is 8.15. The van der Waals surface area contributed by atoms with Gasteiger partial charge in [-0.15, -0.1) is 0 Å². The Morgan fingerprint density at radius 2 is 2.29 bits per heavy atom. The van der Waals surface area contributed by atoms with Crippen molar-refractivity contribution in [2.24, 2.45) is 0 Å². The lowest BCUT2D eigenvalue weighted by Gasteiger charge is -2.37. The van der Waals surface area contributed by atoms with E-state index < -0.39 is 0 Å². The molecule has 1 heterocycles. The predicted molar refractivity (Wildman–Crippen MR) is 66.8 cm³/mol. The average Bonchev–Trinajstić information content (AvgIpc) is 2.30. The largest absolute Gasteiger partial charge is 0.466 e. The zero-order valence-corrected chi connectivity index (χ0v) is 11.0. The Hall–Kier alpha value is -0.610. The molecule has 17 heavy (non-hydrogen) atoms. The first-order valence-electron chi connectivity index (χ1n) is 6.73. The summed E-state index contributed by atoms with van der Waals surface area (Å²) in [5, 5.41) is 9.71. The van der Waals surface area contributed by atoms with Gasteiger partial charge in [-0.3, -0.25) is 9.69 Å². The van der Waals surface area contributed by atoms with Crippen LogP contribution in [0.5, 0.6) is 0 Å². The number of esters is 1. The van der Waals surface area contributed by atoms with E-state index >= 15 is 0 Å². The van der Waals surface area contributed by atoms with Gasteiger partial charge in [-0.05, 0) is 46.2 Å². The molecule has 0 spiro atoms. The summed E-state index contributed by atoms with van der Waals surface area (Å²) >= 11 is 0. The number of rotatable bonds is 6. The van der Waals surface area contributed by atoms with Gasteiger partial charge in [0.05, 0.1) is 12.7 Å². The normalized spacial score (nSPS) is 23.4. The van der Waals surface area contributed by atoms with E-state index in [-0.39, 0.29) is 18.1 Å². The Morgan fingerprint density at radius 1 is 1.53 bits per heavy atom. The van der Waals surface area contributed by atoms with Crippen LogP contribution in [0.15, 0.2) is 0 Å². The van der Waals surface area contributed by atoms with Crippen LogP contribution in [0.2, 0.25) is 0 Å². The first kappa shape index (κ1) is 14.5. The number of aliphatic hydroxyl groups is 1. The van der Waals surface area contributed by atoms with Gasteiger partial charge in [0.25, 0.3) is 0 Å². The van der Waals surface area contributed by atoms with E-state index in [4.69, 9.17) is 4.74 Å². The van der Waals surface area contributed by atoms with Gasteiger partial charge >= 0.3 is 5.97 Å². The average molecular weight is 243 g/mol. The van der Waals surface area contributed by atoms with Crippen molar-refractivity contribution in [3.63, 3.8) is 0 Å². The molecule has 1 aliphatic heterocycles. The molecule has 1 rings (SSSR count). The van der Waals surface area contributed by atoms with Gasteiger partial charge in [0.15, 0.2) is 0 Å². The zero-order valence-electron chi connectivity index (χ0n) is 11.0. The zero-order chi connectivity index (χ0) is 12.7. The van der Waals surface area contributed by atoms with Crippen molar-refractivity contribution in [1.29, 1.82) is 0 Å². The molecular formula is C13H25NO3. The molecule has 0 aliphatic carbocycles. The Labute approximate surface area is 104 Å². The summed E-state index contributed by atoms with van der Waals surface area (Å²) in [7, 11) is 0. The van der Waals surface area contributed by atoms with Crippen LogP contribution in [0.1, 0.15) is 46.0 Å². The maximum Gasteiger partial charge on any atom is 0.305 e. The lowest BCUT2D eigenvalue weighted by molar-refractivity contribution is -0.143. The van der Waals surface area contributed by atoms with Crippen LogP contribution in [0.25, 0.3) is 0 Å². The summed E-state index contributed by atoms with van der Waals surface area (Å²) in [6.07, 6.45) is 4.49. The summed E-state index contributed by atoms with van der Waals surface area (Å²) in [5.74, 6) is -0.113. The van der Waals surface area contributed by atoms with Gasteiger partial charge in [-0.1, -0.05) is 6.42 Å². The molecule has 0 aromatic heterocycles. The summed E-state index contributed by atoms with van der Waals surface area (Å²) in [6, 6.07) is 0.269. The molecule has 1 saturated heterocycles. The number of carbonyl (C=O) groups is 1. The Bertz CT molecular complexity index is 231. The van der Waals surface area contributed by atoms with Crippen molar-refractivity contribution in [3.05, 3.63) is 0 Å². The Morgan fingerprint density at radius 3 is 2.94 bits per heavy atom. The highest BCUT2D eigenvalue weighted by molar-refractivity contribution is 5.69. The Kier molecular flexibility index (Phi) is 6.52. The minimum Gasteiger partial charge on any atom is -0.466 e. The molecule has 0 radical (unpaired) electrons. The van der Waals surface area contributed by atoms with Gasteiger partial charge in [0.2, 0.25) is 0 Å². The van der Waals surface area contributed by atoms with E-state index in [0.29, 0.717) is 13.0 Å². The number of ether oxygens (including phenoxy) is 1. The van der Waals surface area contributed by atoms with E-state index in [1.807, 2.05) is 13.8 Å². The van der Waals surface area contributed by atoms with Gasteiger partial charge in [0, 0.05) is 12.5 Å². The molecule has 100 valence electrons. The molecule has 4 heteroatoms. The monoisotopic (exact) mass is 243 g/mol. The number of nitrogens with zero attached hydrogens (tertiary/aromatic N) is 1. The van der Waals surface area contributed by atoms with Gasteiger partial charge in [-0.25, -0.2) is 0 Å². The highest BCUT2D eigenvalue weighted by Gasteiger charge is 2.25. The summed E-state index contributed by atoms with van der Waals surface area (Å²) < 4.78 is 4.90. The summed E-state index contributed by atoms with van der Waals surface area (Å²) in [4.78, 5) is 13.5. The van der Waals surface area contributed by atoms with Crippen LogP contribution in [-0.2, 0) is 9.53 Å². The number of carbonyl (C=O) groups excluding carboxylic acids is 1. The maximum atomic E-state index is 11.2. The smallest absolute Gasteiger partial charge is 0.305 e. The molecule has 2 atom stereocenters. The van der Waals surface area contributed by atoms with Crippen LogP contribution in [0.3, 0.4) is 0 Å². The number of aliphatic hydroxyl groups excluding tert-OH is 1. The van der Waals surface area contributed by atoms with Gasteiger partial charge in [0.1, 0.15) is 0 Å². The van der Waals surface area contributed by atoms with Crippen molar-refractivity contribution in [2.75, 3.05) is 19.7 Å². The van der Waals surface area contributed by atoms with E-state index in [9.17, 15) is 9.90 Å². The quantitative estimate of drug-likeness (QED) is 0.719. The maximum absolute atomic E-state index is 11.2. The van der Waals surface area contributed by atoms with Crippen LogP contribution < -0.4 is 0 Å². The van der Waals surface area contributed by atoms with E-state index in [0.717, 1.165) is 25.9 Å². The number of piperidine rings is 1. The second-order valence-electron chi connectivity index (χ2n) is 4.75. The van der Waals surface area contributed by atoms with Crippen LogP contribution in [-0.4, -0.2) is 47.8 Å². The topological polar surface area (TPSA) is 49.8 Å². The summed E-state index contributed by atoms with van der Waals surface area (Å²) in [6.45, 7) is 6.06. The minimum absolute atomic E-state index is 0.113. The van der Waals surface area contributed by atoms with Crippen molar-refractivity contribution >= 4 is 5.97 Å². The van der Waals surface area contributed by atoms with Gasteiger partial charge in [-0.2, -0.15) is 0 Å². The fraction of sp³-hybridized carbons (Fsp3) is 0.923. The molecule has 2 unspecified atom stereocenters. The third-order valence-corrected chi connectivity index (χ3v) is 3.35. The van der Waals surface area contributed by atoms with Crippen molar-refractivity contribution in [2.45, 2.75) is 58.1 Å². The fourth-order valence-electron chi connectivity index (χ4n) is 2.50. The van der Waals surface area contributed by atoms with Crippen molar-refractivity contribution in [3.8, 4) is 0 Å². The Balaban J connectivity index is 2.26. The minimum atomic E-state index is -0.280. The highest BCUT2D eigenvalue weighted by Crippen LogP contribution is 2.20. The molecular weight excluding hydrogens is 218 g/mol. The van der Waals surface area contributed by atoms with Crippen LogP contribution in [0, 0.1) is 0 Å². The SMILES string of the molecule is CCOC(=O)CCCN1CCCCC1C(C)O. The highest BCUT2D eigenvalue weighted by atomic mass is 16.5. The molecule has 0 saturated carbocycles. The van der Waals surface area contributed by atoms with E-state index in [1.165, 1.54) is 12.8 Å². The molecule has 0 amide bonds. The third kappa shape index (κ3) is 5.04. The van der Waals surface area contributed by atoms with Crippen molar-refractivity contribution in [1.82, 2.24) is 4.90 Å². The second-order valence-corrected chi connectivity index (χ2v) is 4.75. The lowest BCUT2D eigenvalue weighted by atomic mass is 9.98. The molecule has 0 aromatic carbocycles. The molecule has 0 aromatic rings. The number of hydrogen-bond acceptors (Lipinski definition) is 4. The van der Waals surface area contributed by atoms with Crippen molar-refractivity contribution < 1.29 is 14.6 Å². The molecule has 1 fully saturated rings. The van der Waals surface area contributed by atoms with Crippen LogP contribution in [0.4, 0.5) is 0 Å². The predicted octanol–water partition coefficient (Wildman–Crippen LogP) is 1.56. The second kappa shape index (κ2) is 7.67. The third-order valence-electron chi connectivity index (χ3n) is 3.35. The molecule has 0 bridgehead atoms. The molecule has 1 N–H and O–H groups in total. The molecule has 1 aliphatic rings. The van der Waals surface area contributed by atoms with E-state index in [1.54, 1.807) is 0 Å². The number of likely N-dealkylation sites (tertiary alicyclic amines) is 1. The fourth-order valence-corrected chi connectivity index (χ4v) is 2.50. The van der Waals surface area contributed by atoms with Crippen LogP contribution >= 0.6 is 0 Å². The summed E-state index contributed by atoms with van der Waals surface area (Å²) in [5.41, 5.74) is 0. The first-order valence-corrected chi connectivity index (χ1v) is 6.73. The standard InChI is InChI=1S/C13H25NO3/c1-3-17-13(16)8-6-10-14-9-5-4-7-12(14)11(2)15/h11-12,15H,3-10H2,1-2H3. The van der Waals surface area contributed by atoms with Gasteiger partial charge < -0.3 is 9.84 Å². The number of hydrogen-bond donors (Lipinski definition) is 1.